The van der Waals surface area contributed by atoms with Crippen LogP contribution in [0.1, 0.15) is 43.5 Å². The lowest BCUT2D eigenvalue weighted by molar-refractivity contribution is 0.0939. The summed E-state index contributed by atoms with van der Waals surface area (Å²) in [6.07, 6.45) is 3.44. The maximum absolute atomic E-state index is 13.7. The van der Waals surface area contributed by atoms with E-state index in [0.29, 0.717) is 16.9 Å². The van der Waals surface area contributed by atoms with Crippen molar-refractivity contribution in [2.24, 2.45) is 11.8 Å². The Labute approximate surface area is 146 Å². The van der Waals surface area contributed by atoms with E-state index < -0.39 is 11.7 Å². The summed E-state index contributed by atoms with van der Waals surface area (Å²) in [4.78, 5) is 11.9. The first-order valence-electron chi connectivity index (χ1n) is 7.70. The lowest BCUT2D eigenvalue weighted by Gasteiger charge is -2.35. The molecule has 0 radical (unpaired) electrons. The van der Waals surface area contributed by atoms with Gasteiger partial charge in [-0.2, -0.15) is 0 Å². The number of benzene rings is 1. The molecule has 3 N–H and O–H groups in total. The van der Waals surface area contributed by atoms with Crippen molar-refractivity contribution in [3.05, 3.63) is 34.6 Å². The van der Waals surface area contributed by atoms with Gasteiger partial charge in [0.05, 0.1) is 5.56 Å². The molecule has 23 heavy (non-hydrogen) atoms. The molecule has 0 aromatic heterocycles. The number of thiocarbonyl (C=S) groups is 1. The van der Waals surface area contributed by atoms with Gasteiger partial charge in [-0.15, -0.1) is 0 Å². The molecule has 0 aliphatic heterocycles. The summed E-state index contributed by atoms with van der Waals surface area (Å²) in [7, 11) is 0. The Hall–Kier alpha value is -1.40. The highest BCUT2D eigenvalue weighted by molar-refractivity contribution is 7.80. The molecule has 0 spiro atoms. The van der Waals surface area contributed by atoms with Gasteiger partial charge < -0.3 is 5.32 Å². The molecule has 0 heterocycles. The first-order chi connectivity index (χ1) is 10.9. The van der Waals surface area contributed by atoms with E-state index in [1.807, 2.05) is 0 Å². The Bertz CT molecular complexity index is 599. The minimum absolute atomic E-state index is 0.0932. The minimum Gasteiger partial charge on any atom is -0.358 e. The van der Waals surface area contributed by atoms with Gasteiger partial charge in [0.25, 0.3) is 5.91 Å². The van der Waals surface area contributed by atoms with Crippen molar-refractivity contribution in [1.29, 1.82) is 0 Å². The van der Waals surface area contributed by atoms with Gasteiger partial charge in [-0.05, 0) is 48.7 Å². The van der Waals surface area contributed by atoms with Crippen LogP contribution in [0.25, 0.3) is 0 Å². The van der Waals surface area contributed by atoms with Crippen LogP contribution in [-0.4, -0.2) is 17.1 Å². The van der Waals surface area contributed by atoms with Gasteiger partial charge in [-0.3, -0.25) is 15.6 Å². The van der Waals surface area contributed by atoms with Gasteiger partial charge in [0.15, 0.2) is 5.11 Å². The summed E-state index contributed by atoms with van der Waals surface area (Å²) in [6, 6.07) is 4.16. The molecule has 3 atom stereocenters. The SMILES string of the molecule is C[C@@H]1[C@H](C)CCC[C@@H]1NC(=S)NNC(=O)c1ccc(Cl)cc1F. The van der Waals surface area contributed by atoms with Crippen LogP contribution in [0, 0.1) is 17.7 Å². The second kappa shape index (κ2) is 7.93. The number of hydrogen-bond acceptors (Lipinski definition) is 2. The van der Waals surface area contributed by atoms with Crippen molar-refractivity contribution in [2.75, 3.05) is 0 Å². The Kier molecular flexibility index (Phi) is 6.18. The molecule has 1 aromatic carbocycles. The minimum atomic E-state index is -0.676. The average molecular weight is 358 g/mol. The van der Waals surface area contributed by atoms with E-state index in [1.54, 1.807) is 0 Å². The molecule has 1 aliphatic carbocycles. The number of carbonyl (C=O) groups is 1. The predicted molar refractivity (Wildman–Crippen MR) is 93.7 cm³/mol. The molecular weight excluding hydrogens is 337 g/mol. The van der Waals surface area contributed by atoms with E-state index in [0.717, 1.165) is 18.9 Å². The summed E-state index contributed by atoms with van der Waals surface area (Å²) >= 11 is 10.9. The zero-order chi connectivity index (χ0) is 17.0. The number of halogens is 2. The third-order valence-corrected chi connectivity index (χ3v) is 4.94. The largest absolute Gasteiger partial charge is 0.358 e. The standard InChI is InChI=1S/C16H21ClFN3OS/c1-9-4-3-5-14(10(9)2)19-16(23)21-20-15(22)12-7-6-11(17)8-13(12)18/h6-10,14H,3-5H2,1-2H3,(H,20,22)(H2,19,21,23)/t9-,10-,14+/m1/s1. The van der Waals surface area contributed by atoms with Crippen LogP contribution in [0.2, 0.25) is 5.02 Å². The maximum Gasteiger partial charge on any atom is 0.272 e. The molecule has 2 rings (SSSR count). The smallest absolute Gasteiger partial charge is 0.272 e. The summed E-state index contributed by atoms with van der Waals surface area (Å²) in [5, 5.41) is 3.79. The lowest BCUT2D eigenvalue weighted by atomic mass is 9.78. The van der Waals surface area contributed by atoms with Crippen LogP contribution in [0.5, 0.6) is 0 Å². The highest BCUT2D eigenvalue weighted by atomic mass is 35.5. The van der Waals surface area contributed by atoms with Crippen LogP contribution in [0.3, 0.4) is 0 Å². The fraction of sp³-hybridized carbons (Fsp3) is 0.500. The van der Waals surface area contributed by atoms with Crippen molar-refractivity contribution >= 4 is 34.8 Å². The normalized spacial score (nSPS) is 23.9. The van der Waals surface area contributed by atoms with E-state index >= 15 is 0 Å². The van der Waals surface area contributed by atoms with Crippen molar-refractivity contribution in [1.82, 2.24) is 16.2 Å². The number of amides is 1. The van der Waals surface area contributed by atoms with Crippen molar-refractivity contribution in [3.63, 3.8) is 0 Å². The average Bonchev–Trinajstić information content (AvgIpc) is 2.49. The number of rotatable bonds is 2. The van der Waals surface area contributed by atoms with Crippen LogP contribution in [-0.2, 0) is 0 Å². The molecule has 1 aliphatic rings. The quantitative estimate of drug-likeness (QED) is 0.561. The summed E-state index contributed by atoms with van der Waals surface area (Å²) in [6.45, 7) is 4.44. The summed E-state index contributed by atoms with van der Waals surface area (Å²) in [5.74, 6) is -0.131. The molecule has 1 aromatic rings. The van der Waals surface area contributed by atoms with Gasteiger partial charge >= 0.3 is 0 Å². The Morgan fingerprint density at radius 1 is 1.30 bits per heavy atom. The van der Waals surface area contributed by atoms with Gasteiger partial charge in [0.1, 0.15) is 5.82 Å². The van der Waals surface area contributed by atoms with Crippen molar-refractivity contribution in [3.8, 4) is 0 Å². The molecule has 4 nitrogen and oxygen atoms in total. The van der Waals surface area contributed by atoms with E-state index in [1.165, 1.54) is 18.6 Å². The molecular formula is C16H21ClFN3OS. The van der Waals surface area contributed by atoms with E-state index in [4.69, 9.17) is 23.8 Å². The fourth-order valence-electron chi connectivity index (χ4n) is 2.84. The highest BCUT2D eigenvalue weighted by Gasteiger charge is 2.27. The number of nitrogens with one attached hydrogen (secondary N) is 3. The molecule has 1 fully saturated rings. The molecule has 1 amide bonds. The molecule has 7 heteroatoms. The molecule has 0 bridgehead atoms. The van der Waals surface area contributed by atoms with Gasteiger partial charge in [0.2, 0.25) is 0 Å². The zero-order valence-electron chi connectivity index (χ0n) is 13.2. The first-order valence-corrected chi connectivity index (χ1v) is 8.49. The Morgan fingerprint density at radius 3 is 2.74 bits per heavy atom. The summed E-state index contributed by atoms with van der Waals surface area (Å²) < 4.78 is 13.7. The van der Waals surface area contributed by atoms with E-state index in [2.05, 4.69) is 30.0 Å². The molecule has 0 unspecified atom stereocenters. The predicted octanol–water partition coefficient (Wildman–Crippen LogP) is 3.41. The van der Waals surface area contributed by atoms with Gasteiger partial charge in [-0.25, -0.2) is 4.39 Å². The van der Waals surface area contributed by atoms with Crippen molar-refractivity contribution in [2.45, 2.75) is 39.2 Å². The third kappa shape index (κ3) is 4.78. The first kappa shape index (κ1) is 17.9. The van der Waals surface area contributed by atoms with Crippen LogP contribution in [0.4, 0.5) is 4.39 Å². The van der Waals surface area contributed by atoms with E-state index in [9.17, 15) is 9.18 Å². The molecule has 126 valence electrons. The number of carbonyl (C=O) groups excluding carboxylic acids is 1. The second-order valence-electron chi connectivity index (χ2n) is 6.05. The number of hydrazine groups is 1. The zero-order valence-corrected chi connectivity index (χ0v) is 14.7. The maximum atomic E-state index is 13.7. The van der Waals surface area contributed by atoms with Crippen LogP contribution >= 0.6 is 23.8 Å². The lowest BCUT2D eigenvalue weighted by Crippen LogP contribution is -2.52. The van der Waals surface area contributed by atoms with Crippen LogP contribution < -0.4 is 16.2 Å². The Balaban J connectivity index is 1.85. The Morgan fingerprint density at radius 2 is 2.04 bits per heavy atom. The highest BCUT2D eigenvalue weighted by Crippen LogP contribution is 2.29. The number of hydrogen-bond donors (Lipinski definition) is 3. The van der Waals surface area contributed by atoms with Crippen molar-refractivity contribution < 1.29 is 9.18 Å². The summed E-state index contributed by atoms with van der Waals surface area (Å²) in [5.41, 5.74) is 4.93. The fourth-order valence-corrected chi connectivity index (χ4v) is 3.21. The second-order valence-corrected chi connectivity index (χ2v) is 6.90. The van der Waals surface area contributed by atoms with Gasteiger partial charge in [0, 0.05) is 11.1 Å². The molecule has 1 saturated carbocycles. The van der Waals surface area contributed by atoms with E-state index in [-0.39, 0.29) is 16.6 Å². The van der Waals surface area contributed by atoms with Crippen LogP contribution in [0.15, 0.2) is 18.2 Å². The third-order valence-electron chi connectivity index (χ3n) is 4.49. The van der Waals surface area contributed by atoms with Gasteiger partial charge in [-0.1, -0.05) is 38.3 Å². The topological polar surface area (TPSA) is 53.2 Å². The monoisotopic (exact) mass is 357 g/mol. The molecule has 0 saturated heterocycles.